The Morgan fingerprint density at radius 2 is 1.78 bits per heavy atom. The van der Waals surface area contributed by atoms with Gasteiger partial charge in [-0.15, -0.1) is 0 Å². The van der Waals surface area contributed by atoms with Crippen molar-refractivity contribution in [2.45, 2.75) is 6.92 Å². The van der Waals surface area contributed by atoms with Crippen molar-refractivity contribution < 1.29 is 0 Å². The fraction of sp³-hybridized carbons (Fsp3) is 0.167. The summed E-state index contributed by atoms with van der Waals surface area (Å²) in [4.78, 5) is 19.0. The quantitative estimate of drug-likeness (QED) is 0.699. The summed E-state index contributed by atoms with van der Waals surface area (Å²) in [5, 5.41) is 4.87. The Bertz CT molecular complexity index is 924. The van der Waals surface area contributed by atoms with Crippen LogP contribution in [0.4, 0.5) is 5.69 Å². The van der Waals surface area contributed by atoms with E-state index in [4.69, 9.17) is 0 Å². The van der Waals surface area contributed by atoms with Gasteiger partial charge in [0.25, 0.3) is 5.56 Å². The Kier molecular flexibility index (Phi) is 3.93. The van der Waals surface area contributed by atoms with Crippen molar-refractivity contribution in [3.8, 4) is 0 Å². The van der Waals surface area contributed by atoms with E-state index in [1.54, 1.807) is 19.2 Å². The van der Waals surface area contributed by atoms with Gasteiger partial charge in [-0.3, -0.25) is 4.79 Å². The van der Waals surface area contributed by atoms with Gasteiger partial charge in [0, 0.05) is 19.8 Å². The third-order valence-electron chi connectivity index (χ3n) is 3.65. The molecule has 3 aromatic rings. The van der Waals surface area contributed by atoms with Crippen molar-refractivity contribution in [3.05, 3.63) is 70.3 Å². The molecule has 1 aromatic heterocycles. The lowest BCUT2D eigenvalue weighted by Gasteiger charge is -2.11. The van der Waals surface area contributed by atoms with Crippen molar-refractivity contribution in [1.82, 2.24) is 9.66 Å². The van der Waals surface area contributed by atoms with E-state index in [2.05, 4.69) is 10.1 Å². The van der Waals surface area contributed by atoms with Crippen molar-refractivity contribution in [3.63, 3.8) is 0 Å². The van der Waals surface area contributed by atoms with Gasteiger partial charge in [0.15, 0.2) is 0 Å². The van der Waals surface area contributed by atoms with Crippen LogP contribution >= 0.6 is 0 Å². The van der Waals surface area contributed by atoms with Crippen molar-refractivity contribution >= 4 is 22.8 Å². The second-order valence-electron chi connectivity index (χ2n) is 5.52. The maximum atomic E-state index is 12.5. The number of hydrogen-bond acceptors (Lipinski definition) is 4. The standard InChI is InChI=1S/C18H18N4O/c1-13-20-17-7-5-4-6-16(17)18(23)22(13)19-12-14-8-10-15(11-9-14)21(2)3/h4-12H,1-3H3/b19-12-. The molecule has 116 valence electrons. The summed E-state index contributed by atoms with van der Waals surface area (Å²) in [5.74, 6) is 0.565. The molecule has 23 heavy (non-hydrogen) atoms. The highest BCUT2D eigenvalue weighted by molar-refractivity contribution is 5.81. The van der Waals surface area contributed by atoms with Crippen LogP contribution in [0.5, 0.6) is 0 Å². The lowest BCUT2D eigenvalue weighted by atomic mass is 10.2. The monoisotopic (exact) mass is 306 g/mol. The number of benzene rings is 2. The molecule has 5 heteroatoms. The van der Waals surface area contributed by atoms with E-state index < -0.39 is 0 Å². The highest BCUT2D eigenvalue weighted by Gasteiger charge is 2.06. The van der Waals surface area contributed by atoms with Crippen LogP contribution in [0.25, 0.3) is 10.9 Å². The van der Waals surface area contributed by atoms with Crippen LogP contribution in [0.1, 0.15) is 11.4 Å². The molecule has 0 saturated heterocycles. The first-order valence-corrected chi connectivity index (χ1v) is 7.36. The molecule has 0 aliphatic heterocycles. The number of aromatic nitrogens is 2. The van der Waals surface area contributed by atoms with Crippen LogP contribution in [0.15, 0.2) is 58.4 Å². The molecular formula is C18H18N4O. The van der Waals surface area contributed by atoms with Crippen LogP contribution in [0.2, 0.25) is 0 Å². The minimum absolute atomic E-state index is 0.158. The highest BCUT2D eigenvalue weighted by atomic mass is 16.1. The van der Waals surface area contributed by atoms with E-state index >= 15 is 0 Å². The molecule has 5 nitrogen and oxygen atoms in total. The van der Waals surface area contributed by atoms with Gasteiger partial charge in [-0.1, -0.05) is 24.3 Å². The van der Waals surface area contributed by atoms with Gasteiger partial charge in [0.2, 0.25) is 0 Å². The number of nitrogens with zero attached hydrogens (tertiary/aromatic N) is 4. The van der Waals surface area contributed by atoms with Crippen LogP contribution in [0, 0.1) is 6.92 Å². The lowest BCUT2D eigenvalue weighted by Crippen LogP contribution is -2.20. The molecule has 0 unspecified atom stereocenters. The molecule has 0 radical (unpaired) electrons. The molecule has 0 amide bonds. The smallest absolute Gasteiger partial charge is 0.282 e. The number of aryl methyl sites for hydroxylation is 1. The van der Waals surface area contributed by atoms with Crippen LogP contribution in [-0.2, 0) is 0 Å². The van der Waals surface area contributed by atoms with Crippen molar-refractivity contribution in [1.29, 1.82) is 0 Å². The second kappa shape index (κ2) is 6.04. The molecule has 0 fully saturated rings. The summed E-state index contributed by atoms with van der Waals surface area (Å²) in [6.07, 6.45) is 1.67. The summed E-state index contributed by atoms with van der Waals surface area (Å²) in [7, 11) is 3.99. The van der Waals surface area contributed by atoms with Gasteiger partial charge in [0.1, 0.15) is 5.82 Å². The fourth-order valence-electron chi connectivity index (χ4n) is 2.35. The van der Waals surface area contributed by atoms with Gasteiger partial charge in [0.05, 0.1) is 17.1 Å². The Hall–Kier alpha value is -2.95. The number of para-hydroxylation sites is 1. The van der Waals surface area contributed by atoms with Gasteiger partial charge >= 0.3 is 0 Å². The SMILES string of the molecule is Cc1nc2ccccc2c(=O)n1/N=C\c1ccc(N(C)C)cc1. The average Bonchev–Trinajstić information content (AvgIpc) is 2.55. The zero-order valence-corrected chi connectivity index (χ0v) is 13.4. The molecule has 0 aliphatic rings. The zero-order valence-electron chi connectivity index (χ0n) is 13.4. The molecular weight excluding hydrogens is 288 g/mol. The molecule has 0 bridgehead atoms. The second-order valence-corrected chi connectivity index (χ2v) is 5.52. The molecule has 0 spiro atoms. The molecule has 0 N–H and O–H groups in total. The van der Waals surface area contributed by atoms with E-state index in [1.165, 1.54) is 4.68 Å². The molecule has 0 saturated carbocycles. The third kappa shape index (κ3) is 2.99. The predicted molar refractivity (Wildman–Crippen MR) is 94.5 cm³/mol. The maximum Gasteiger partial charge on any atom is 0.282 e. The zero-order chi connectivity index (χ0) is 16.4. The Morgan fingerprint density at radius 3 is 2.48 bits per heavy atom. The molecule has 1 heterocycles. The average molecular weight is 306 g/mol. The molecule has 2 aromatic carbocycles. The first kappa shape index (κ1) is 15.0. The summed E-state index contributed by atoms with van der Waals surface area (Å²) in [5.41, 5.74) is 2.57. The topological polar surface area (TPSA) is 50.5 Å². The van der Waals surface area contributed by atoms with Crippen LogP contribution in [-0.4, -0.2) is 30.0 Å². The van der Waals surface area contributed by atoms with E-state index in [0.29, 0.717) is 16.7 Å². The van der Waals surface area contributed by atoms with Crippen LogP contribution in [0.3, 0.4) is 0 Å². The number of anilines is 1. The fourth-order valence-corrected chi connectivity index (χ4v) is 2.35. The van der Waals surface area contributed by atoms with Gasteiger partial charge in [-0.25, -0.2) is 4.98 Å². The number of rotatable bonds is 3. The number of fused-ring (bicyclic) bond motifs is 1. The summed E-state index contributed by atoms with van der Waals surface area (Å²) in [6, 6.07) is 15.2. The van der Waals surface area contributed by atoms with Crippen molar-refractivity contribution in [2.75, 3.05) is 19.0 Å². The first-order chi connectivity index (χ1) is 11.1. The molecule has 3 rings (SSSR count). The molecule has 0 aliphatic carbocycles. The Morgan fingerprint density at radius 1 is 1.09 bits per heavy atom. The minimum atomic E-state index is -0.158. The highest BCUT2D eigenvalue weighted by Crippen LogP contribution is 2.11. The van der Waals surface area contributed by atoms with E-state index in [9.17, 15) is 4.79 Å². The van der Waals surface area contributed by atoms with Gasteiger partial charge in [-0.2, -0.15) is 9.78 Å². The van der Waals surface area contributed by atoms with E-state index in [1.807, 2.05) is 61.5 Å². The Balaban J connectivity index is 1.99. The largest absolute Gasteiger partial charge is 0.378 e. The van der Waals surface area contributed by atoms with E-state index in [0.717, 1.165) is 11.3 Å². The normalized spacial score (nSPS) is 11.3. The minimum Gasteiger partial charge on any atom is -0.378 e. The summed E-state index contributed by atoms with van der Waals surface area (Å²) in [6.45, 7) is 1.78. The maximum absolute atomic E-state index is 12.5. The lowest BCUT2D eigenvalue weighted by molar-refractivity contribution is 0.771. The van der Waals surface area contributed by atoms with Crippen molar-refractivity contribution in [2.24, 2.45) is 5.10 Å². The third-order valence-corrected chi connectivity index (χ3v) is 3.65. The summed E-state index contributed by atoms with van der Waals surface area (Å²) < 4.78 is 1.34. The summed E-state index contributed by atoms with van der Waals surface area (Å²) >= 11 is 0. The van der Waals surface area contributed by atoms with Gasteiger partial charge in [-0.05, 0) is 36.8 Å². The first-order valence-electron chi connectivity index (χ1n) is 7.36. The molecule has 0 atom stereocenters. The van der Waals surface area contributed by atoms with E-state index in [-0.39, 0.29) is 5.56 Å². The predicted octanol–water partition coefficient (Wildman–Crippen LogP) is 2.65. The van der Waals surface area contributed by atoms with Crippen LogP contribution < -0.4 is 10.5 Å². The Labute approximate surface area is 134 Å². The number of hydrogen-bond donors (Lipinski definition) is 0. The van der Waals surface area contributed by atoms with Gasteiger partial charge < -0.3 is 4.90 Å².